The molecule has 0 aliphatic carbocycles. The summed E-state index contributed by atoms with van der Waals surface area (Å²) >= 11 is 4.31. The van der Waals surface area contributed by atoms with Crippen molar-refractivity contribution in [3.8, 4) is 0 Å². The van der Waals surface area contributed by atoms with E-state index >= 15 is 0 Å². The Morgan fingerprint density at radius 2 is 2.23 bits per heavy atom. The van der Waals surface area contributed by atoms with Gasteiger partial charge in [-0.05, 0) is 32.0 Å². The van der Waals surface area contributed by atoms with Crippen LogP contribution in [-0.4, -0.2) is 9.78 Å². The molecule has 0 atom stereocenters. The summed E-state index contributed by atoms with van der Waals surface area (Å²) in [4.78, 5) is 0.988. The number of aryl methyl sites for hydroxylation is 2. The number of aromatic nitrogens is 2. The van der Waals surface area contributed by atoms with Gasteiger partial charge in [0.1, 0.15) is 0 Å². The van der Waals surface area contributed by atoms with E-state index in [9.17, 15) is 0 Å². The van der Waals surface area contributed by atoms with Gasteiger partial charge >= 0.3 is 0 Å². The van der Waals surface area contributed by atoms with Crippen molar-refractivity contribution in [3.63, 3.8) is 0 Å². The minimum Gasteiger partial charge on any atom is -0.265 e. The Labute approximate surface area is 83.0 Å². The molecule has 0 aliphatic rings. The number of hydrogen-bond donors (Lipinski definition) is 1. The van der Waals surface area contributed by atoms with Crippen LogP contribution >= 0.6 is 12.6 Å². The van der Waals surface area contributed by atoms with Crippen molar-refractivity contribution in [2.75, 3.05) is 0 Å². The molecule has 1 aromatic heterocycles. The molecule has 0 saturated heterocycles. The Bertz CT molecular complexity index is 445. The summed E-state index contributed by atoms with van der Waals surface area (Å²) in [5, 5.41) is 5.65. The second kappa shape index (κ2) is 3.07. The van der Waals surface area contributed by atoms with Crippen LogP contribution in [0.1, 0.15) is 12.6 Å². The van der Waals surface area contributed by atoms with Gasteiger partial charge in [0.2, 0.25) is 0 Å². The summed E-state index contributed by atoms with van der Waals surface area (Å²) < 4.78 is 2.00. The van der Waals surface area contributed by atoms with Gasteiger partial charge in [-0.1, -0.05) is 0 Å². The molecule has 2 rings (SSSR count). The van der Waals surface area contributed by atoms with E-state index in [2.05, 4.69) is 36.8 Å². The first kappa shape index (κ1) is 8.63. The van der Waals surface area contributed by atoms with Crippen LogP contribution in [0.25, 0.3) is 10.9 Å². The van der Waals surface area contributed by atoms with Crippen LogP contribution < -0.4 is 0 Å². The Morgan fingerprint density at radius 3 is 2.92 bits per heavy atom. The zero-order valence-electron chi connectivity index (χ0n) is 7.78. The summed E-state index contributed by atoms with van der Waals surface area (Å²) in [7, 11) is 0. The lowest BCUT2D eigenvalue weighted by atomic mass is 10.2. The smallest absolute Gasteiger partial charge is 0.0696 e. The molecule has 0 saturated carbocycles. The third-order valence-corrected chi connectivity index (χ3v) is 2.50. The van der Waals surface area contributed by atoms with E-state index in [-0.39, 0.29) is 0 Å². The van der Waals surface area contributed by atoms with E-state index in [4.69, 9.17) is 0 Å². The van der Waals surface area contributed by atoms with E-state index in [0.29, 0.717) is 0 Å². The maximum absolute atomic E-state index is 4.43. The van der Waals surface area contributed by atoms with Gasteiger partial charge in [-0.2, -0.15) is 5.10 Å². The standard InChI is InChI=1S/C10H12N2S/c1-3-12-10-6-8(13)4-5-9(10)7(2)11-12/h4-6,13H,3H2,1-2H3. The molecule has 3 heteroatoms. The summed E-state index contributed by atoms with van der Waals surface area (Å²) in [6.45, 7) is 5.03. The number of hydrogen-bond acceptors (Lipinski definition) is 2. The molecular formula is C10H12N2S. The first-order valence-corrected chi connectivity index (χ1v) is 4.83. The highest BCUT2D eigenvalue weighted by Crippen LogP contribution is 2.20. The Morgan fingerprint density at radius 1 is 1.46 bits per heavy atom. The third-order valence-electron chi connectivity index (χ3n) is 2.22. The van der Waals surface area contributed by atoms with Gasteiger partial charge in [-0.25, -0.2) is 0 Å². The van der Waals surface area contributed by atoms with Crippen LogP contribution in [0, 0.1) is 6.92 Å². The van der Waals surface area contributed by atoms with Gasteiger partial charge in [0, 0.05) is 16.8 Å². The van der Waals surface area contributed by atoms with E-state index in [0.717, 1.165) is 17.1 Å². The Balaban J connectivity index is 2.81. The molecule has 0 aliphatic heterocycles. The van der Waals surface area contributed by atoms with Crippen molar-refractivity contribution >= 4 is 23.5 Å². The van der Waals surface area contributed by atoms with Gasteiger partial charge in [-0.15, -0.1) is 12.6 Å². The summed E-state index contributed by atoms with van der Waals surface area (Å²) in [6, 6.07) is 6.13. The maximum Gasteiger partial charge on any atom is 0.0696 e. The molecule has 0 spiro atoms. The average Bonchev–Trinajstić information content (AvgIpc) is 2.42. The van der Waals surface area contributed by atoms with Crippen molar-refractivity contribution in [2.45, 2.75) is 25.3 Å². The number of rotatable bonds is 1. The third kappa shape index (κ3) is 1.33. The van der Waals surface area contributed by atoms with Gasteiger partial charge in [0.25, 0.3) is 0 Å². The fourth-order valence-electron chi connectivity index (χ4n) is 1.57. The van der Waals surface area contributed by atoms with E-state index in [1.165, 1.54) is 10.9 Å². The molecule has 0 bridgehead atoms. The van der Waals surface area contributed by atoms with Crippen LogP contribution in [0.3, 0.4) is 0 Å². The lowest BCUT2D eigenvalue weighted by Gasteiger charge is -1.97. The number of benzene rings is 1. The fraction of sp³-hybridized carbons (Fsp3) is 0.300. The zero-order valence-corrected chi connectivity index (χ0v) is 8.68. The zero-order chi connectivity index (χ0) is 9.42. The second-order valence-corrected chi connectivity index (χ2v) is 3.62. The van der Waals surface area contributed by atoms with E-state index < -0.39 is 0 Å². The lowest BCUT2D eigenvalue weighted by Crippen LogP contribution is -1.95. The first-order chi connectivity index (χ1) is 6.22. The molecule has 1 heterocycles. The average molecular weight is 192 g/mol. The molecule has 68 valence electrons. The summed E-state index contributed by atoms with van der Waals surface area (Å²) in [6.07, 6.45) is 0. The monoisotopic (exact) mass is 192 g/mol. The molecule has 0 amide bonds. The largest absolute Gasteiger partial charge is 0.265 e. The SMILES string of the molecule is CCn1nc(C)c2ccc(S)cc21. The highest BCUT2D eigenvalue weighted by Gasteiger charge is 2.04. The predicted octanol–water partition coefficient (Wildman–Crippen LogP) is 2.65. The lowest BCUT2D eigenvalue weighted by molar-refractivity contribution is 0.676. The van der Waals surface area contributed by atoms with Crippen molar-refractivity contribution in [2.24, 2.45) is 0 Å². The summed E-state index contributed by atoms with van der Waals surface area (Å²) in [5.41, 5.74) is 2.26. The van der Waals surface area contributed by atoms with Crippen LogP contribution in [-0.2, 0) is 6.54 Å². The molecule has 2 aromatic rings. The fourth-order valence-corrected chi connectivity index (χ4v) is 1.77. The van der Waals surface area contributed by atoms with Gasteiger partial charge in [0.05, 0.1) is 11.2 Å². The van der Waals surface area contributed by atoms with Crippen molar-refractivity contribution in [3.05, 3.63) is 23.9 Å². The number of fused-ring (bicyclic) bond motifs is 1. The number of nitrogens with zero attached hydrogens (tertiary/aromatic N) is 2. The molecular weight excluding hydrogens is 180 g/mol. The predicted molar refractivity (Wildman–Crippen MR) is 57.4 cm³/mol. The van der Waals surface area contributed by atoms with Gasteiger partial charge < -0.3 is 0 Å². The highest BCUT2D eigenvalue weighted by molar-refractivity contribution is 7.80. The highest BCUT2D eigenvalue weighted by atomic mass is 32.1. The maximum atomic E-state index is 4.43. The van der Waals surface area contributed by atoms with Gasteiger partial charge in [-0.3, -0.25) is 4.68 Å². The number of thiol groups is 1. The normalized spacial score (nSPS) is 11.0. The molecule has 0 unspecified atom stereocenters. The van der Waals surface area contributed by atoms with Crippen molar-refractivity contribution in [1.82, 2.24) is 9.78 Å². The van der Waals surface area contributed by atoms with Crippen LogP contribution in [0.4, 0.5) is 0 Å². The Kier molecular flexibility index (Phi) is 2.04. The molecule has 0 radical (unpaired) electrons. The summed E-state index contributed by atoms with van der Waals surface area (Å²) in [5.74, 6) is 0. The minimum atomic E-state index is 0.904. The van der Waals surface area contributed by atoms with E-state index in [1.54, 1.807) is 0 Å². The molecule has 2 nitrogen and oxygen atoms in total. The quantitative estimate of drug-likeness (QED) is 0.688. The van der Waals surface area contributed by atoms with E-state index in [1.807, 2.05) is 17.7 Å². The molecule has 0 fully saturated rings. The van der Waals surface area contributed by atoms with Crippen molar-refractivity contribution < 1.29 is 0 Å². The Hall–Kier alpha value is -0.960. The first-order valence-electron chi connectivity index (χ1n) is 4.38. The molecule has 0 N–H and O–H groups in total. The van der Waals surface area contributed by atoms with Crippen molar-refractivity contribution in [1.29, 1.82) is 0 Å². The molecule has 1 aromatic carbocycles. The second-order valence-electron chi connectivity index (χ2n) is 3.10. The van der Waals surface area contributed by atoms with Crippen LogP contribution in [0.15, 0.2) is 23.1 Å². The van der Waals surface area contributed by atoms with Gasteiger partial charge in [0.15, 0.2) is 0 Å². The minimum absolute atomic E-state index is 0.904. The molecule has 13 heavy (non-hydrogen) atoms. The van der Waals surface area contributed by atoms with Crippen LogP contribution in [0.5, 0.6) is 0 Å². The topological polar surface area (TPSA) is 17.8 Å². The van der Waals surface area contributed by atoms with Crippen LogP contribution in [0.2, 0.25) is 0 Å².